The van der Waals surface area contributed by atoms with Gasteiger partial charge < -0.3 is 4.74 Å². The highest BCUT2D eigenvalue weighted by Crippen LogP contribution is 2.19. The highest BCUT2D eigenvalue weighted by Gasteiger charge is 2.19. The molecular weight excluding hydrogens is 226 g/mol. The third-order valence-electron chi connectivity index (χ3n) is 4.15. The molecule has 2 rings (SSSR count). The minimum absolute atomic E-state index is 0.00229. The number of rotatable bonds is 3. The number of piperidine rings is 1. The Morgan fingerprint density at radius 2 is 1.44 bits per heavy atom. The van der Waals surface area contributed by atoms with Crippen molar-refractivity contribution in [2.24, 2.45) is 0 Å². The van der Waals surface area contributed by atoms with E-state index in [0.717, 1.165) is 25.9 Å². The average molecular weight is 253 g/mol. The maximum absolute atomic E-state index is 11.9. The van der Waals surface area contributed by atoms with Crippen LogP contribution in [0.25, 0.3) is 0 Å². The highest BCUT2D eigenvalue weighted by molar-refractivity contribution is 5.71. The molecular formula is C15H27NO2. The predicted molar refractivity (Wildman–Crippen MR) is 72.5 cm³/mol. The maximum Gasteiger partial charge on any atom is 0.320 e. The van der Waals surface area contributed by atoms with Crippen LogP contribution >= 0.6 is 0 Å². The lowest BCUT2D eigenvalue weighted by molar-refractivity contribution is -0.151. The Morgan fingerprint density at radius 3 is 2.11 bits per heavy atom. The maximum atomic E-state index is 11.9. The molecule has 0 spiro atoms. The first-order valence-corrected chi connectivity index (χ1v) is 7.76. The fourth-order valence-corrected chi connectivity index (χ4v) is 3.06. The first-order chi connectivity index (χ1) is 8.84. The van der Waals surface area contributed by atoms with Gasteiger partial charge in [0.1, 0.15) is 6.10 Å². The van der Waals surface area contributed by atoms with E-state index in [1.54, 1.807) is 0 Å². The van der Waals surface area contributed by atoms with Gasteiger partial charge in [0, 0.05) is 0 Å². The lowest BCUT2D eigenvalue weighted by Gasteiger charge is -2.27. The monoisotopic (exact) mass is 253 g/mol. The summed E-state index contributed by atoms with van der Waals surface area (Å²) in [6, 6.07) is 0. The number of likely N-dealkylation sites (tertiary alicyclic amines) is 1. The van der Waals surface area contributed by atoms with Crippen molar-refractivity contribution in [2.45, 2.75) is 70.3 Å². The number of carbonyl (C=O) groups is 1. The molecule has 0 bridgehead atoms. The summed E-state index contributed by atoms with van der Waals surface area (Å²) < 4.78 is 5.65. The molecule has 2 aliphatic rings. The van der Waals surface area contributed by atoms with E-state index in [0.29, 0.717) is 6.54 Å². The molecule has 18 heavy (non-hydrogen) atoms. The summed E-state index contributed by atoms with van der Waals surface area (Å²) in [6.07, 6.45) is 12.5. The summed E-state index contributed by atoms with van der Waals surface area (Å²) in [5, 5.41) is 0. The Labute approximate surface area is 111 Å². The highest BCUT2D eigenvalue weighted by atomic mass is 16.5. The van der Waals surface area contributed by atoms with Crippen molar-refractivity contribution < 1.29 is 9.53 Å². The van der Waals surface area contributed by atoms with Crippen molar-refractivity contribution in [1.82, 2.24) is 4.90 Å². The van der Waals surface area contributed by atoms with Crippen LogP contribution in [0.1, 0.15) is 64.2 Å². The van der Waals surface area contributed by atoms with Gasteiger partial charge in [-0.05, 0) is 51.6 Å². The third kappa shape index (κ3) is 4.97. The van der Waals surface area contributed by atoms with Crippen LogP contribution in [0, 0.1) is 0 Å². The first kappa shape index (κ1) is 13.9. The van der Waals surface area contributed by atoms with Gasteiger partial charge in [-0.15, -0.1) is 0 Å². The largest absolute Gasteiger partial charge is 0.461 e. The van der Waals surface area contributed by atoms with Crippen LogP contribution in [-0.2, 0) is 9.53 Å². The van der Waals surface area contributed by atoms with Crippen molar-refractivity contribution in [3.05, 3.63) is 0 Å². The van der Waals surface area contributed by atoms with Crippen LogP contribution in [0.15, 0.2) is 0 Å². The van der Waals surface area contributed by atoms with Gasteiger partial charge in [-0.25, -0.2) is 0 Å². The van der Waals surface area contributed by atoms with Crippen LogP contribution < -0.4 is 0 Å². The van der Waals surface area contributed by atoms with Crippen LogP contribution in [0.4, 0.5) is 0 Å². The zero-order valence-corrected chi connectivity index (χ0v) is 11.5. The van der Waals surface area contributed by atoms with E-state index in [1.165, 1.54) is 51.4 Å². The van der Waals surface area contributed by atoms with Gasteiger partial charge in [-0.3, -0.25) is 9.69 Å². The molecule has 1 aliphatic heterocycles. The molecule has 0 radical (unpaired) electrons. The standard InChI is InChI=1S/C15H27NO2/c17-15(13-16-11-7-4-8-12-16)18-14-9-5-2-1-3-6-10-14/h14H,1-13H2. The van der Waals surface area contributed by atoms with Crippen LogP contribution in [0.5, 0.6) is 0 Å². The number of hydrogen-bond donors (Lipinski definition) is 0. The second kappa shape index (κ2) is 7.78. The molecule has 2 fully saturated rings. The Kier molecular flexibility index (Phi) is 5.98. The lowest BCUT2D eigenvalue weighted by atomic mass is 9.98. The summed E-state index contributed by atoms with van der Waals surface area (Å²) in [4.78, 5) is 14.2. The second-order valence-corrected chi connectivity index (χ2v) is 5.79. The van der Waals surface area contributed by atoms with E-state index >= 15 is 0 Å². The third-order valence-corrected chi connectivity index (χ3v) is 4.15. The second-order valence-electron chi connectivity index (χ2n) is 5.79. The molecule has 0 unspecified atom stereocenters. The van der Waals surface area contributed by atoms with Gasteiger partial charge in [-0.1, -0.05) is 25.7 Å². The number of esters is 1. The van der Waals surface area contributed by atoms with Gasteiger partial charge in [0.05, 0.1) is 6.54 Å². The van der Waals surface area contributed by atoms with Crippen molar-refractivity contribution in [3.63, 3.8) is 0 Å². The van der Waals surface area contributed by atoms with E-state index in [4.69, 9.17) is 4.74 Å². The lowest BCUT2D eigenvalue weighted by Crippen LogP contribution is -2.36. The summed E-state index contributed by atoms with van der Waals surface area (Å²) in [7, 11) is 0. The van der Waals surface area contributed by atoms with Crippen LogP contribution in [0.3, 0.4) is 0 Å². The number of ether oxygens (including phenoxy) is 1. The van der Waals surface area contributed by atoms with Crippen LogP contribution in [0.2, 0.25) is 0 Å². The minimum atomic E-state index is 0.00229. The van der Waals surface area contributed by atoms with Crippen molar-refractivity contribution in [1.29, 1.82) is 0 Å². The normalized spacial score (nSPS) is 24.2. The summed E-state index contributed by atoms with van der Waals surface area (Å²) in [5.41, 5.74) is 0. The minimum Gasteiger partial charge on any atom is -0.461 e. The van der Waals surface area contributed by atoms with Crippen molar-refractivity contribution in [3.8, 4) is 0 Å². The Bertz CT molecular complexity index is 241. The first-order valence-electron chi connectivity index (χ1n) is 7.76. The molecule has 0 N–H and O–H groups in total. The molecule has 0 aromatic heterocycles. The van der Waals surface area contributed by atoms with Gasteiger partial charge in [-0.2, -0.15) is 0 Å². The fourth-order valence-electron chi connectivity index (χ4n) is 3.06. The van der Waals surface area contributed by atoms with E-state index in [2.05, 4.69) is 4.90 Å². The Hall–Kier alpha value is -0.570. The molecule has 104 valence electrons. The molecule has 0 amide bonds. The van der Waals surface area contributed by atoms with Gasteiger partial charge >= 0.3 is 5.97 Å². The fraction of sp³-hybridized carbons (Fsp3) is 0.933. The number of hydrogen-bond acceptors (Lipinski definition) is 3. The Balaban J connectivity index is 1.68. The van der Waals surface area contributed by atoms with E-state index in [1.807, 2.05) is 0 Å². The average Bonchev–Trinajstić information content (AvgIpc) is 2.34. The zero-order chi connectivity index (χ0) is 12.6. The quantitative estimate of drug-likeness (QED) is 0.724. The molecule has 3 heteroatoms. The van der Waals surface area contributed by atoms with E-state index in [-0.39, 0.29) is 12.1 Å². The summed E-state index contributed by atoms with van der Waals surface area (Å²) in [5.74, 6) is 0.00229. The summed E-state index contributed by atoms with van der Waals surface area (Å²) >= 11 is 0. The SMILES string of the molecule is O=C(CN1CCCCC1)OC1CCCCCCC1. The molecule has 0 aromatic carbocycles. The molecule has 1 aliphatic carbocycles. The van der Waals surface area contributed by atoms with Gasteiger partial charge in [0.2, 0.25) is 0 Å². The van der Waals surface area contributed by atoms with Gasteiger partial charge in [0.15, 0.2) is 0 Å². The number of nitrogens with zero attached hydrogens (tertiary/aromatic N) is 1. The van der Waals surface area contributed by atoms with Gasteiger partial charge in [0.25, 0.3) is 0 Å². The van der Waals surface area contributed by atoms with Crippen LogP contribution in [-0.4, -0.2) is 36.6 Å². The Morgan fingerprint density at radius 1 is 0.889 bits per heavy atom. The number of carbonyl (C=O) groups excluding carboxylic acids is 1. The summed E-state index contributed by atoms with van der Waals surface area (Å²) in [6.45, 7) is 2.65. The van der Waals surface area contributed by atoms with E-state index < -0.39 is 0 Å². The molecule has 1 saturated carbocycles. The smallest absolute Gasteiger partial charge is 0.320 e. The molecule has 3 nitrogen and oxygen atoms in total. The molecule has 0 atom stereocenters. The zero-order valence-electron chi connectivity index (χ0n) is 11.5. The molecule has 0 aromatic rings. The molecule has 1 saturated heterocycles. The van der Waals surface area contributed by atoms with E-state index in [9.17, 15) is 4.79 Å². The van der Waals surface area contributed by atoms with Crippen molar-refractivity contribution >= 4 is 5.97 Å². The molecule has 1 heterocycles. The van der Waals surface area contributed by atoms with Crippen molar-refractivity contribution in [2.75, 3.05) is 19.6 Å². The predicted octanol–water partition coefficient (Wildman–Crippen LogP) is 3.13. The topological polar surface area (TPSA) is 29.5 Å².